The number of aromatic nitrogens is 1. The predicted octanol–water partition coefficient (Wildman–Crippen LogP) is 3.49. The van der Waals surface area contributed by atoms with Gasteiger partial charge in [0.25, 0.3) is 0 Å². The normalized spacial score (nSPS) is 19.3. The minimum Gasteiger partial charge on any atom is -0.293 e. The van der Waals surface area contributed by atoms with Crippen LogP contribution in [0.3, 0.4) is 0 Å². The van der Waals surface area contributed by atoms with E-state index in [4.69, 9.17) is 0 Å². The highest BCUT2D eigenvalue weighted by Crippen LogP contribution is 2.30. The van der Waals surface area contributed by atoms with Crippen LogP contribution in [0.15, 0.2) is 54.9 Å². The Balaban J connectivity index is 1.75. The maximum absolute atomic E-state index is 12.4. The monoisotopic (exact) mass is 280 g/mol. The number of Topliss-reactive ketones (excluding diaryl/α,β-unsaturated/α-hetero) is 1. The molecule has 1 aliphatic rings. The van der Waals surface area contributed by atoms with Crippen LogP contribution in [0, 0.1) is 0 Å². The molecule has 3 heteroatoms. The fourth-order valence-electron chi connectivity index (χ4n) is 3.03. The van der Waals surface area contributed by atoms with Gasteiger partial charge in [-0.3, -0.25) is 14.7 Å². The molecule has 2 aromatic rings. The summed E-state index contributed by atoms with van der Waals surface area (Å²) in [7, 11) is 0. The molecule has 1 atom stereocenters. The Labute approximate surface area is 125 Å². The Bertz CT molecular complexity index is 583. The third-order valence-electron chi connectivity index (χ3n) is 4.13. The molecule has 108 valence electrons. The minimum atomic E-state index is 0.200. The summed E-state index contributed by atoms with van der Waals surface area (Å²) in [6, 6.07) is 14.0. The van der Waals surface area contributed by atoms with Gasteiger partial charge in [-0.25, -0.2) is 0 Å². The highest BCUT2D eigenvalue weighted by molar-refractivity contribution is 5.97. The molecule has 0 bridgehead atoms. The number of hydrogen-bond donors (Lipinski definition) is 0. The summed E-state index contributed by atoms with van der Waals surface area (Å²) in [5, 5.41) is 0. The Morgan fingerprint density at radius 3 is 2.76 bits per heavy atom. The highest BCUT2D eigenvalue weighted by atomic mass is 16.1. The summed E-state index contributed by atoms with van der Waals surface area (Å²) < 4.78 is 0. The Hall–Kier alpha value is -2.00. The van der Waals surface area contributed by atoms with E-state index in [-0.39, 0.29) is 5.78 Å². The second kappa shape index (κ2) is 6.64. The number of likely N-dealkylation sites (tertiary alicyclic amines) is 1. The molecule has 0 N–H and O–H groups in total. The van der Waals surface area contributed by atoms with Crippen molar-refractivity contribution >= 4 is 5.78 Å². The highest BCUT2D eigenvalue weighted by Gasteiger charge is 2.25. The average molecular weight is 280 g/mol. The smallest absolute Gasteiger partial charge is 0.176 e. The quantitative estimate of drug-likeness (QED) is 0.804. The van der Waals surface area contributed by atoms with Gasteiger partial charge in [0.2, 0.25) is 0 Å². The van der Waals surface area contributed by atoms with Gasteiger partial charge in [0.15, 0.2) is 5.78 Å². The minimum absolute atomic E-state index is 0.200. The maximum Gasteiger partial charge on any atom is 0.176 e. The van der Waals surface area contributed by atoms with E-state index >= 15 is 0 Å². The lowest BCUT2D eigenvalue weighted by Crippen LogP contribution is -2.37. The molecule has 3 nitrogen and oxygen atoms in total. The van der Waals surface area contributed by atoms with Gasteiger partial charge in [0.05, 0.1) is 6.54 Å². The fourth-order valence-corrected chi connectivity index (χ4v) is 3.03. The zero-order valence-electron chi connectivity index (χ0n) is 12.1. The number of hydrogen-bond acceptors (Lipinski definition) is 3. The first kappa shape index (κ1) is 14.0. The molecule has 21 heavy (non-hydrogen) atoms. The van der Waals surface area contributed by atoms with Gasteiger partial charge in [0, 0.05) is 24.0 Å². The third kappa shape index (κ3) is 3.37. The summed E-state index contributed by atoms with van der Waals surface area (Å²) >= 11 is 0. The van der Waals surface area contributed by atoms with Crippen molar-refractivity contribution in [1.82, 2.24) is 9.88 Å². The summed E-state index contributed by atoms with van der Waals surface area (Å²) in [6.45, 7) is 1.47. The molecule has 2 heterocycles. The van der Waals surface area contributed by atoms with Crippen LogP contribution < -0.4 is 0 Å². The van der Waals surface area contributed by atoms with Crippen molar-refractivity contribution in [2.75, 3.05) is 13.1 Å². The SMILES string of the molecule is O=C(CN1CCCC[C@@H]1c1cccnc1)c1ccccc1. The van der Waals surface area contributed by atoms with Gasteiger partial charge < -0.3 is 0 Å². The first-order chi connectivity index (χ1) is 10.3. The summed E-state index contributed by atoms with van der Waals surface area (Å²) in [6.07, 6.45) is 7.21. The van der Waals surface area contributed by atoms with E-state index in [1.807, 2.05) is 42.6 Å². The molecule has 1 aliphatic heterocycles. The number of carbonyl (C=O) groups is 1. The van der Waals surface area contributed by atoms with E-state index in [0.717, 1.165) is 18.5 Å². The number of benzene rings is 1. The van der Waals surface area contributed by atoms with Crippen LogP contribution in [0.5, 0.6) is 0 Å². The number of rotatable bonds is 4. The molecular formula is C18H20N2O. The standard InChI is InChI=1S/C18H20N2O/c21-18(15-7-2-1-3-8-15)14-20-12-5-4-10-17(20)16-9-6-11-19-13-16/h1-3,6-9,11,13,17H,4-5,10,12,14H2/t17-/m1/s1. The molecule has 1 fully saturated rings. The molecule has 1 saturated heterocycles. The lowest BCUT2D eigenvalue weighted by atomic mass is 9.95. The van der Waals surface area contributed by atoms with Crippen molar-refractivity contribution < 1.29 is 4.79 Å². The summed E-state index contributed by atoms with van der Waals surface area (Å²) in [4.78, 5) is 19.0. The lowest BCUT2D eigenvalue weighted by molar-refractivity contribution is 0.0842. The van der Waals surface area contributed by atoms with Gasteiger partial charge in [-0.2, -0.15) is 0 Å². The van der Waals surface area contributed by atoms with Gasteiger partial charge in [0.1, 0.15) is 0 Å². The zero-order chi connectivity index (χ0) is 14.5. The number of carbonyl (C=O) groups excluding carboxylic acids is 1. The van der Waals surface area contributed by atoms with E-state index in [2.05, 4.69) is 16.0 Å². The van der Waals surface area contributed by atoms with Crippen LogP contribution in [-0.4, -0.2) is 28.8 Å². The van der Waals surface area contributed by atoms with Crippen LogP contribution in [-0.2, 0) is 0 Å². The van der Waals surface area contributed by atoms with E-state index < -0.39 is 0 Å². The van der Waals surface area contributed by atoms with Crippen LogP contribution in [0.1, 0.15) is 41.2 Å². The zero-order valence-corrected chi connectivity index (χ0v) is 12.1. The largest absolute Gasteiger partial charge is 0.293 e. The van der Waals surface area contributed by atoms with Crippen molar-refractivity contribution in [3.63, 3.8) is 0 Å². The van der Waals surface area contributed by atoms with E-state index in [9.17, 15) is 4.79 Å². The van der Waals surface area contributed by atoms with Crippen molar-refractivity contribution in [2.24, 2.45) is 0 Å². The number of piperidine rings is 1. The molecule has 1 aromatic carbocycles. The molecule has 0 spiro atoms. The Morgan fingerprint density at radius 2 is 2.00 bits per heavy atom. The Kier molecular flexibility index (Phi) is 4.41. The van der Waals surface area contributed by atoms with Crippen LogP contribution in [0.25, 0.3) is 0 Å². The molecular weight excluding hydrogens is 260 g/mol. The van der Waals surface area contributed by atoms with E-state index in [1.165, 1.54) is 18.4 Å². The molecule has 0 saturated carbocycles. The second-order valence-corrected chi connectivity index (χ2v) is 5.56. The van der Waals surface area contributed by atoms with Crippen molar-refractivity contribution in [2.45, 2.75) is 25.3 Å². The first-order valence-corrected chi connectivity index (χ1v) is 7.57. The van der Waals surface area contributed by atoms with Gasteiger partial charge in [-0.05, 0) is 31.0 Å². The topological polar surface area (TPSA) is 33.2 Å². The molecule has 0 amide bonds. The molecule has 0 radical (unpaired) electrons. The number of pyridine rings is 1. The van der Waals surface area contributed by atoms with E-state index in [0.29, 0.717) is 12.6 Å². The van der Waals surface area contributed by atoms with E-state index in [1.54, 1.807) is 6.20 Å². The fraction of sp³-hybridized carbons (Fsp3) is 0.333. The number of ketones is 1. The van der Waals surface area contributed by atoms with Crippen LogP contribution in [0.4, 0.5) is 0 Å². The van der Waals surface area contributed by atoms with Gasteiger partial charge >= 0.3 is 0 Å². The lowest BCUT2D eigenvalue weighted by Gasteiger charge is -2.35. The number of nitrogens with zero attached hydrogens (tertiary/aromatic N) is 2. The molecule has 0 aliphatic carbocycles. The molecule has 3 rings (SSSR count). The van der Waals surface area contributed by atoms with Crippen molar-refractivity contribution in [3.05, 3.63) is 66.0 Å². The first-order valence-electron chi connectivity index (χ1n) is 7.57. The van der Waals surface area contributed by atoms with Gasteiger partial charge in [-0.1, -0.05) is 42.8 Å². The maximum atomic E-state index is 12.4. The van der Waals surface area contributed by atoms with Crippen molar-refractivity contribution in [3.8, 4) is 0 Å². The van der Waals surface area contributed by atoms with Gasteiger partial charge in [-0.15, -0.1) is 0 Å². The summed E-state index contributed by atoms with van der Waals surface area (Å²) in [5.41, 5.74) is 2.02. The molecule has 0 unspecified atom stereocenters. The van der Waals surface area contributed by atoms with Crippen LogP contribution >= 0.6 is 0 Å². The average Bonchev–Trinajstić information content (AvgIpc) is 2.57. The second-order valence-electron chi connectivity index (χ2n) is 5.56. The third-order valence-corrected chi connectivity index (χ3v) is 4.13. The van der Waals surface area contributed by atoms with Crippen molar-refractivity contribution in [1.29, 1.82) is 0 Å². The Morgan fingerprint density at radius 1 is 1.14 bits per heavy atom. The molecule has 1 aromatic heterocycles. The predicted molar refractivity (Wildman–Crippen MR) is 83.2 cm³/mol. The van der Waals surface area contributed by atoms with Crippen LogP contribution in [0.2, 0.25) is 0 Å². The summed E-state index contributed by atoms with van der Waals surface area (Å²) in [5.74, 6) is 0.200.